The van der Waals surface area contributed by atoms with Crippen molar-refractivity contribution >= 4 is 21.4 Å². The lowest BCUT2D eigenvalue weighted by Crippen LogP contribution is -2.50. The summed E-state index contributed by atoms with van der Waals surface area (Å²) in [4.78, 5) is 4.63. The highest BCUT2D eigenvalue weighted by Crippen LogP contribution is 2.40. The van der Waals surface area contributed by atoms with Crippen molar-refractivity contribution in [2.24, 2.45) is 5.92 Å². The van der Waals surface area contributed by atoms with Gasteiger partial charge in [0.25, 0.3) is 10.0 Å². The van der Waals surface area contributed by atoms with Gasteiger partial charge < -0.3 is 9.26 Å². The summed E-state index contributed by atoms with van der Waals surface area (Å²) >= 11 is 1.28. The van der Waals surface area contributed by atoms with E-state index in [9.17, 15) is 8.42 Å². The summed E-state index contributed by atoms with van der Waals surface area (Å²) in [6.07, 6.45) is 7.81. The van der Waals surface area contributed by atoms with Crippen molar-refractivity contribution in [3.63, 3.8) is 0 Å². The van der Waals surface area contributed by atoms with Crippen LogP contribution in [-0.4, -0.2) is 48.2 Å². The molecule has 2 saturated heterocycles. The van der Waals surface area contributed by atoms with Crippen LogP contribution in [-0.2, 0) is 21.2 Å². The lowest BCUT2D eigenvalue weighted by atomic mass is 9.78. The molecule has 0 amide bonds. The molecule has 2 aliphatic heterocycles. The van der Waals surface area contributed by atoms with Crippen LogP contribution in [0.15, 0.2) is 26.2 Å². The zero-order valence-corrected chi connectivity index (χ0v) is 18.1. The third-order valence-electron chi connectivity index (χ3n) is 6.73. The summed E-state index contributed by atoms with van der Waals surface area (Å²) in [5.74, 6) is 2.54. The molecule has 3 fully saturated rings. The monoisotopic (exact) mass is 437 g/mol. The van der Waals surface area contributed by atoms with E-state index in [-0.39, 0.29) is 5.60 Å². The molecule has 1 saturated carbocycles. The molecule has 0 radical (unpaired) electrons. The molecule has 2 aromatic rings. The first-order valence-corrected chi connectivity index (χ1v) is 12.9. The second-order valence-electron chi connectivity index (χ2n) is 8.61. The first-order chi connectivity index (χ1) is 14.0. The Hall–Kier alpha value is -1.29. The third-order valence-corrected chi connectivity index (χ3v) is 10.00. The summed E-state index contributed by atoms with van der Waals surface area (Å²) in [6, 6.07) is 3.46. The maximum Gasteiger partial charge on any atom is 0.252 e. The largest absolute Gasteiger partial charge is 0.375 e. The van der Waals surface area contributed by atoms with E-state index in [2.05, 4.69) is 10.1 Å². The average molecular weight is 438 g/mol. The van der Waals surface area contributed by atoms with Crippen LogP contribution in [0, 0.1) is 5.92 Å². The molecule has 0 bridgehead atoms. The van der Waals surface area contributed by atoms with E-state index >= 15 is 0 Å². The first kappa shape index (κ1) is 19.7. The Kier molecular flexibility index (Phi) is 5.26. The minimum Gasteiger partial charge on any atom is -0.375 e. The number of piperidine rings is 1. The van der Waals surface area contributed by atoms with Gasteiger partial charge in [0.15, 0.2) is 5.82 Å². The van der Waals surface area contributed by atoms with Crippen LogP contribution >= 0.6 is 11.3 Å². The van der Waals surface area contributed by atoms with Crippen LogP contribution in [0.2, 0.25) is 0 Å². The third kappa shape index (κ3) is 3.89. The lowest BCUT2D eigenvalue weighted by molar-refractivity contribution is -0.120. The predicted molar refractivity (Wildman–Crippen MR) is 108 cm³/mol. The van der Waals surface area contributed by atoms with Gasteiger partial charge in [-0.2, -0.15) is 9.29 Å². The van der Waals surface area contributed by atoms with Crippen LogP contribution in [0.3, 0.4) is 0 Å². The van der Waals surface area contributed by atoms with E-state index in [1.807, 2.05) is 5.38 Å². The molecule has 0 N–H and O–H groups in total. The number of sulfonamides is 1. The van der Waals surface area contributed by atoms with Gasteiger partial charge in [0.05, 0.1) is 5.60 Å². The highest BCUT2D eigenvalue weighted by molar-refractivity contribution is 7.91. The molecule has 2 aromatic heterocycles. The molecule has 7 nitrogen and oxygen atoms in total. The molecule has 1 unspecified atom stereocenters. The molecule has 1 aliphatic carbocycles. The molecular weight excluding hydrogens is 410 g/mol. The number of nitrogens with zero attached hydrogens (tertiary/aromatic N) is 3. The highest BCUT2D eigenvalue weighted by atomic mass is 32.2. The van der Waals surface area contributed by atoms with Crippen molar-refractivity contribution in [2.45, 2.75) is 67.1 Å². The maximum atomic E-state index is 12.8. The second-order valence-corrected chi connectivity index (χ2v) is 11.7. The van der Waals surface area contributed by atoms with Crippen molar-refractivity contribution in [2.75, 3.05) is 19.7 Å². The van der Waals surface area contributed by atoms with E-state index in [0.29, 0.717) is 29.1 Å². The number of hydrogen-bond donors (Lipinski definition) is 0. The van der Waals surface area contributed by atoms with Gasteiger partial charge in [0, 0.05) is 32.0 Å². The van der Waals surface area contributed by atoms with Gasteiger partial charge >= 0.3 is 0 Å². The van der Waals surface area contributed by atoms with Crippen LogP contribution in [0.5, 0.6) is 0 Å². The maximum absolute atomic E-state index is 12.8. The number of rotatable bonds is 5. The zero-order valence-electron chi connectivity index (χ0n) is 16.5. The Morgan fingerprint density at radius 2 is 2.07 bits per heavy atom. The van der Waals surface area contributed by atoms with E-state index < -0.39 is 10.0 Å². The van der Waals surface area contributed by atoms with E-state index in [0.717, 1.165) is 63.3 Å². The normalized spacial score (nSPS) is 25.9. The molecule has 4 heterocycles. The van der Waals surface area contributed by atoms with Crippen molar-refractivity contribution in [1.29, 1.82) is 0 Å². The van der Waals surface area contributed by atoms with Gasteiger partial charge in [-0.3, -0.25) is 0 Å². The minimum absolute atomic E-state index is 0.217. The molecule has 158 valence electrons. The topological polar surface area (TPSA) is 85.5 Å². The molecular formula is C20H27N3O4S2. The van der Waals surface area contributed by atoms with Gasteiger partial charge in [-0.1, -0.05) is 17.6 Å². The first-order valence-electron chi connectivity index (χ1n) is 10.5. The molecule has 0 aromatic carbocycles. The van der Waals surface area contributed by atoms with Crippen molar-refractivity contribution < 1.29 is 17.7 Å². The summed E-state index contributed by atoms with van der Waals surface area (Å²) in [5, 5.41) is 6.01. The summed E-state index contributed by atoms with van der Waals surface area (Å²) in [6.45, 7) is 1.75. The second kappa shape index (κ2) is 7.76. The number of thiophene rings is 1. The van der Waals surface area contributed by atoms with Crippen LogP contribution in [0.25, 0.3) is 0 Å². The summed E-state index contributed by atoms with van der Waals surface area (Å²) in [5.41, 5.74) is -0.217. The minimum atomic E-state index is -3.37. The number of ether oxygens (including phenoxy) is 1. The standard InChI is InChI=1S/C20H27N3O4S2/c24-29(25,18-5-2-12-28-18)23-9-7-20(8-10-23)14-15(6-11-26-20)13-17-21-19(27-22-17)16-3-1-4-16/h2,5,12,15-16H,1,3-4,6-11,13-14H2. The Morgan fingerprint density at radius 1 is 1.24 bits per heavy atom. The number of aromatic nitrogens is 2. The van der Waals surface area contributed by atoms with E-state index in [1.165, 1.54) is 17.8 Å². The molecule has 3 aliphatic rings. The molecule has 1 atom stereocenters. The van der Waals surface area contributed by atoms with E-state index in [4.69, 9.17) is 9.26 Å². The van der Waals surface area contributed by atoms with Gasteiger partial charge in [-0.15, -0.1) is 11.3 Å². The quantitative estimate of drug-likeness (QED) is 0.711. The molecule has 9 heteroatoms. The zero-order chi connectivity index (χ0) is 19.9. The molecule has 29 heavy (non-hydrogen) atoms. The lowest BCUT2D eigenvalue weighted by Gasteiger charge is -2.45. The van der Waals surface area contributed by atoms with Gasteiger partial charge in [-0.05, 0) is 55.9 Å². The van der Waals surface area contributed by atoms with E-state index in [1.54, 1.807) is 16.4 Å². The Morgan fingerprint density at radius 3 is 2.76 bits per heavy atom. The van der Waals surface area contributed by atoms with Crippen molar-refractivity contribution in [1.82, 2.24) is 14.4 Å². The van der Waals surface area contributed by atoms with Crippen molar-refractivity contribution in [3.8, 4) is 0 Å². The average Bonchev–Trinajstić information content (AvgIpc) is 3.34. The van der Waals surface area contributed by atoms with Crippen LogP contribution in [0.1, 0.15) is 62.6 Å². The molecule has 5 rings (SSSR count). The fraction of sp³-hybridized carbons (Fsp3) is 0.700. The summed E-state index contributed by atoms with van der Waals surface area (Å²) in [7, 11) is -3.37. The SMILES string of the molecule is O=S(=O)(c1cccs1)N1CCC2(CC1)CC(Cc1noc(C3CCC3)n1)CCO2. The summed E-state index contributed by atoms with van der Waals surface area (Å²) < 4.78 is 39.3. The Labute approximate surface area is 175 Å². The van der Waals surface area contributed by atoms with Crippen LogP contribution in [0.4, 0.5) is 0 Å². The van der Waals surface area contributed by atoms with Crippen LogP contribution < -0.4 is 0 Å². The van der Waals surface area contributed by atoms with Gasteiger partial charge in [0.2, 0.25) is 5.89 Å². The Bertz CT molecular complexity index is 929. The van der Waals surface area contributed by atoms with Gasteiger partial charge in [-0.25, -0.2) is 8.42 Å². The molecule has 1 spiro atoms. The fourth-order valence-electron chi connectivity index (χ4n) is 4.75. The Balaban J connectivity index is 1.20. The number of hydrogen-bond acceptors (Lipinski definition) is 7. The fourth-order valence-corrected chi connectivity index (χ4v) is 7.34. The smallest absolute Gasteiger partial charge is 0.252 e. The van der Waals surface area contributed by atoms with Crippen molar-refractivity contribution in [3.05, 3.63) is 29.2 Å². The highest BCUT2D eigenvalue weighted by Gasteiger charge is 2.43. The van der Waals surface area contributed by atoms with Gasteiger partial charge in [0.1, 0.15) is 4.21 Å². The predicted octanol–water partition coefficient (Wildman–Crippen LogP) is 3.59.